The largest absolute Gasteiger partial charge is 0.511 e. The highest BCUT2D eigenvalue weighted by Gasteiger charge is 2.35. The van der Waals surface area contributed by atoms with Crippen molar-refractivity contribution in [1.29, 1.82) is 0 Å². The summed E-state index contributed by atoms with van der Waals surface area (Å²) in [5.74, 6) is -0.386. The van der Waals surface area contributed by atoms with E-state index in [0.717, 1.165) is 27.9 Å². The lowest BCUT2D eigenvalue weighted by molar-refractivity contribution is -0.124. The SMILES string of the molecule is CCSN(C(N)=O)c1c(C)cc(C)c(C2CC(=O)C(=C(O)CC)C(=O)C2)c1C. The molecule has 0 bridgehead atoms. The number of anilines is 1. The van der Waals surface area contributed by atoms with E-state index in [0.29, 0.717) is 5.75 Å². The Morgan fingerprint density at radius 3 is 2.21 bits per heavy atom. The van der Waals surface area contributed by atoms with Gasteiger partial charge in [-0.2, -0.15) is 0 Å². The molecule has 2 rings (SSSR count). The molecule has 6 nitrogen and oxygen atoms in total. The monoisotopic (exact) mass is 404 g/mol. The summed E-state index contributed by atoms with van der Waals surface area (Å²) in [7, 11) is 0. The van der Waals surface area contributed by atoms with Gasteiger partial charge in [0, 0.05) is 25.0 Å². The normalized spacial score (nSPS) is 17.0. The molecule has 0 atom stereocenters. The summed E-state index contributed by atoms with van der Waals surface area (Å²) in [5.41, 5.74) is 9.91. The van der Waals surface area contributed by atoms with Gasteiger partial charge in [0.05, 0.1) is 11.3 Å². The fourth-order valence-corrected chi connectivity index (χ4v) is 4.88. The van der Waals surface area contributed by atoms with E-state index in [-0.39, 0.29) is 48.1 Å². The minimum atomic E-state index is -0.554. The van der Waals surface area contributed by atoms with E-state index in [1.165, 1.54) is 16.3 Å². The highest BCUT2D eigenvalue weighted by Crippen LogP contribution is 2.41. The highest BCUT2D eigenvalue weighted by molar-refractivity contribution is 8.01. The van der Waals surface area contributed by atoms with Gasteiger partial charge in [-0.05, 0) is 60.9 Å². The summed E-state index contributed by atoms with van der Waals surface area (Å²) >= 11 is 1.32. The number of Topliss-reactive ketones (excluding diaryl/α,β-unsaturated/α-hetero) is 2. The number of carbonyl (C=O) groups is 3. The number of carbonyl (C=O) groups excluding carboxylic acids is 3. The van der Waals surface area contributed by atoms with Gasteiger partial charge in [-0.3, -0.25) is 9.59 Å². The van der Waals surface area contributed by atoms with Gasteiger partial charge < -0.3 is 10.8 Å². The van der Waals surface area contributed by atoms with E-state index in [2.05, 4.69) is 0 Å². The number of nitrogens with zero attached hydrogens (tertiary/aromatic N) is 1. The van der Waals surface area contributed by atoms with Crippen LogP contribution in [0.4, 0.5) is 10.5 Å². The fourth-order valence-electron chi connectivity index (χ4n) is 4.08. The molecule has 2 amide bonds. The number of aryl methyl sites for hydroxylation is 2. The molecular formula is C21H28N2O4S. The van der Waals surface area contributed by atoms with Crippen molar-refractivity contribution in [2.75, 3.05) is 10.1 Å². The number of hydrogen-bond donors (Lipinski definition) is 2. The van der Waals surface area contributed by atoms with Crippen molar-refractivity contribution in [1.82, 2.24) is 0 Å². The van der Waals surface area contributed by atoms with Crippen LogP contribution >= 0.6 is 11.9 Å². The second-order valence-corrected chi connectivity index (χ2v) is 8.28. The minimum Gasteiger partial charge on any atom is -0.511 e. The van der Waals surface area contributed by atoms with Gasteiger partial charge in [-0.15, -0.1) is 0 Å². The van der Waals surface area contributed by atoms with Crippen molar-refractivity contribution in [3.8, 4) is 0 Å². The van der Waals surface area contributed by atoms with Gasteiger partial charge in [0.2, 0.25) is 0 Å². The summed E-state index contributed by atoms with van der Waals surface area (Å²) in [6.45, 7) is 9.42. The summed E-state index contributed by atoms with van der Waals surface area (Å²) in [6, 6.07) is 1.41. The first-order valence-corrected chi connectivity index (χ1v) is 10.4. The van der Waals surface area contributed by atoms with E-state index in [9.17, 15) is 19.5 Å². The highest BCUT2D eigenvalue weighted by atomic mass is 32.2. The van der Waals surface area contributed by atoms with Crippen LogP contribution < -0.4 is 10.0 Å². The second kappa shape index (κ2) is 8.82. The molecule has 0 saturated heterocycles. The van der Waals surface area contributed by atoms with Crippen LogP contribution in [0, 0.1) is 20.8 Å². The molecule has 0 aliphatic heterocycles. The van der Waals surface area contributed by atoms with Crippen LogP contribution in [-0.4, -0.2) is 28.5 Å². The molecule has 0 unspecified atom stereocenters. The smallest absolute Gasteiger partial charge is 0.329 e. The molecule has 0 spiro atoms. The number of primary amides is 1. The lowest BCUT2D eigenvalue weighted by Gasteiger charge is -2.30. The van der Waals surface area contributed by atoms with Crippen molar-refractivity contribution in [3.63, 3.8) is 0 Å². The Labute approximate surface area is 170 Å². The van der Waals surface area contributed by atoms with Crippen LogP contribution in [0.25, 0.3) is 0 Å². The van der Waals surface area contributed by atoms with E-state index >= 15 is 0 Å². The van der Waals surface area contributed by atoms with Crippen molar-refractivity contribution in [2.45, 2.75) is 59.8 Å². The molecule has 0 heterocycles. The fraction of sp³-hybridized carbons (Fsp3) is 0.476. The van der Waals surface area contributed by atoms with Gasteiger partial charge in [0.15, 0.2) is 11.6 Å². The van der Waals surface area contributed by atoms with Gasteiger partial charge in [-0.1, -0.05) is 19.9 Å². The maximum absolute atomic E-state index is 12.6. The predicted molar refractivity (Wildman–Crippen MR) is 113 cm³/mol. The summed E-state index contributed by atoms with van der Waals surface area (Å²) in [6.07, 6.45) is 0.575. The topological polar surface area (TPSA) is 101 Å². The Morgan fingerprint density at radius 2 is 1.75 bits per heavy atom. The second-order valence-electron chi connectivity index (χ2n) is 7.07. The molecule has 0 aromatic heterocycles. The quantitative estimate of drug-likeness (QED) is 0.328. The molecule has 1 aliphatic rings. The third-order valence-electron chi connectivity index (χ3n) is 5.11. The maximum atomic E-state index is 12.6. The van der Waals surface area contributed by atoms with E-state index < -0.39 is 6.03 Å². The first-order valence-electron chi connectivity index (χ1n) is 9.45. The van der Waals surface area contributed by atoms with Crippen LogP contribution in [0.5, 0.6) is 0 Å². The number of ketones is 2. The van der Waals surface area contributed by atoms with Crippen molar-refractivity contribution < 1.29 is 19.5 Å². The van der Waals surface area contributed by atoms with Crippen LogP contribution in [0.15, 0.2) is 17.4 Å². The minimum absolute atomic E-state index is 0.0540. The van der Waals surface area contributed by atoms with Crippen LogP contribution in [-0.2, 0) is 9.59 Å². The lowest BCUT2D eigenvalue weighted by Crippen LogP contribution is -2.32. The molecule has 152 valence electrons. The maximum Gasteiger partial charge on any atom is 0.329 e. The average Bonchev–Trinajstić information content (AvgIpc) is 2.59. The Morgan fingerprint density at radius 1 is 1.18 bits per heavy atom. The van der Waals surface area contributed by atoms with E-state index in [4.69, 9.17) is 5.73 Å². The predicted octanol–water partition coefficient (Wildman–Crippen LogP) is 4.40. The molecule has 1 fully saturated rings. The first kappa shape index (κ1) is 22.0. The number of aliphatic hydroxyl groups excluding tert-OH is 1. The Kier molecular flexibility index (Phi) is 6.93. The molecule has 3 N–H and O–H groups in total. The Balaban J connectivity index is 2.56. The zero-order valence-electron chi connectivity index (χ0n) is 17.1. The Hall–Kier alpha value is -2.28. The number of rotatable bonds is 5. The van der Waals surface area contributed by atoms with Crippen molar-refractivity contribution >= 4 is 35.2 Å². The van der Waals surface area contributed by atoms with E-state index in [1.54, 1.807) is 6.92 Å². The third kappa shape index (κ3) is 4.09. The van der Waals surface area contributed by atoms with Crippen molar-refractivity contribution in [3.05, 3.63) is 39.7 Å². The molecular weight excluding hydrogens is 376 g/mol. The average molecular weight is 405 g/mol. The summed E-state index contributed by atoms with van der Waals surface area (Å²) < 4.78 is 1.48. The van der Waals surface area contributed by atoms with Gasteiger partial charge in [0.1, 0.15) is 5.76 Å². The van der Waals surface area contributed by atoms with Crippen LogP contribution in [0.3, 0.4) is 0 Å². The molecule has 1 aliphatic carbocycles. The third-order valence-corrected chi connectivity index (χ3v) is 5.98. The number of allylic oxidation sites excluding steroid dienone is 2. The number of benzene rings is 1. The number of aliphatic hydroxyl groups is 1. The molecule has 0 radical (unpaired) electrons. The summed E-state index contributed by atoms with van der Waals surface area (Å²) in [5, 5.41) is 9.94. The molecule has 1 saturated carbocycles. The summed E-state index contributed by atoms with van der Waals surface area (Å²) in [4.78, 5) is 37.2. The van der Waals surface area contributed by atoms with Gasteiger partial charge in [0.25, 0.3) is 0 Å². The molecule has 28 heavy (non-hydrogen) atoms. The molecule has 1 aromatic carbocycles. The number of nitrogens with two attached hydrogens (primary N) is 1. The zero-order valence-corrected chi connectivity index (χ0v) is 17.9. The first-order chi connectivity index (χ1) is 13.1. The number of amides is 2. The molecule has 1 aromatic rings. The zero-order chi connectivity index (χ0) is 21.2. The van der Waals surface area contributed by atoms with Crippen LogP contribution in [0.1, 0.15) is 61.3 Å². The Bertz CT molecular complexity index is 840. The molecule has 7 heteroatoms. The van der Waals surface area contributed by atoms with Gasteiger partial charge in [-0.25, -0.2) is 9.10 Å². The van der Waals surface area contributed by atoms with Gasteiger partial charge >= 0.3 is 6.03 Å². The number of hydrogen-bond acceptors (Lipinski definition) is 5. The standard InChI is InChI=1S/C21H28N2O4S/c1-6-15(24)19-16(25)9-14(10-17(19)26)18-11(3)8-12(4)20(13(18)5)23(21(22)27)28-7-2/h8,14,24H,6-7,9-10H2,1-5H3,(H2,22,27). The lowest BCUT2D eigenvalue weighted by atomic mass is 9.76. The van der Waals surface area contributed by atoms with Crippen molar-refractivity contribution in [2.24, 2.45) is 5.73 Å². The number of urea groups is 1. The van der Waals surface area contributed by atoms with Crippen LogP contribution in [0.2, 0.25) is 0 Å². The van der Waals surface area contributed by atoms with E-state index in [1.807, 2.05) is 33.8 Å².